The fourth-order valence-corrected chi connectivity index (χ4v) is 3.53. The minimum atomic E-state index is -0.830. The Morgan fingerprint density at radius 1 is 1.31 bits per heavy atom. The van der Waals surface area contributed by atoms with Crippen LogP contribution in [0.2, 0.25) is 0 Å². The van der Waals surface area contributed by atoms with Crippen LogP contribution in [0.4, 0.5) is 10.1 Å². The predicted octanol–water partition coefficient (Wildman–Crippen LogP) is 1.06. The standard InChI is InChI=1S/C22H25FN6O3/c1-24-20(26-28(3)13-14-7-5-6-8-16(14)23)21(31)25-17-10-9-15-12-27(2)19(30)11-18(15)29(4)22(17)32/h5-8,11-12,17H,1,9-10,13H2,2-4H3,(H,25,31)/b26-20-/t17-/m0/s1. The van der Waals surface area contributed by atoms with Gasteiger partial charge in [-0.1, -0.05) is 18.2 Å². The lowest BCUT2D eigenvalue weighted by Gasteiger charge is -2.22. The zero-order chi connectivity index (χ0) is 23.4. The lowest BCUT2D eigenvalue weighted by molar-refractivity contribution is -0.124. The smallest absolute Gasteiger partial charge is 0.291 e. The molecule has 168 valence electrons. The number of hydrazone groups is 1. The SMILES string of the molecule is C=N/C(=N\N(C)Cc1ccccc1F)C(=O)N[C@H]1CCc2cn(C)c(=O)cc2N(C)C1=O. The van der Waals surface area contributed by atoms with E-state index < -0.39 is 11.9 Å². The van der Waals surface area contributed by atoms with E-state index in [9.17, 15) is 18.8 Å². The zero-order valence-electron chi connectivity index (χ0n) is 18.2. The summed E-state index contributed by atoms with van der Waals surface area (Å²) in [5, 5.41) is 8.12. The van der Waals surface area contributed by atoms with Gasteiger partial charge in [0.15, 0.2) is 0 Å². The first kappa shape index (κ1) is 22.9. The molecule has 1 atom stereocenters. The second-order valence-corrected chi connectivity index (χ2v) is 7.58. The molecule has 10 heteroatoms. The van der Waals surface area contributed by atoms with Crippen molar-refractivity contribution in [2.75, 3.05) is 19.0 Å². The molecular weight excluding hydrogens is 415 g/mol. The van der Waals surface area contributed by atoms with E-state index in [1.807, 2.05) is 0 Å². The molecular formula is C22H25FN6O3. The van der Waals surface area contributed by atoms with Crippen LogP contribution >= 0.6 is 0 Å². The minimum Gasteiger partial charge on any atom is -0.337 e. The molecule has 0 unspecified atom stereocenters. The Balaban J connectivity index is 1.74. The lowest BCUT2D eigenvalue weighted by atomic mass is 10.1. The van der Waals surface area contributed by atoms with Gasteiger partial charge >= 0.3 is 0 Å². The third kappa shape index (κ3) is 4.90. The number of nitrogens with one attached hydrogen (secondary N) is 1. The number of aliphatic imine (C=N–C) groups is 1. The molecule has 1 aliphatic heterocycles. The molecule has 0 fully saturated rings. The van der Waals surface area contributed by atoms with Crippen molar-refractivity contribution >= 4 is 30.1 Å². The Morgan fingerprint density at radius 2 is 2.03 bits per heavy atom. The number of aryl methyl sites for hydroxylation is 2. The number of carbonyl (C=O) groups is 2. The Bertz CT molecular complexity index is 1140. The molecule has 1 aromatic carbocycles. The highest BCUT2D eigenvalue weighted by molar-refractivity contribution is 6.39. The fraction of sp³-hybridized carbons (Fsp3) is 0.318. The quantitative estimate of drug-likeness (QED) is 0.437. The number of hydrogen-bond acceptors (Lipinski definition) is 5. The minimum absolute atomic E-state index is 0.119. The number of halogens is 1. The number of likely N-dealkylation sites (N-methyl/N-ethyl adjacent to an activating group) is 1. The van der Waals surface area contributed by atoms with E-state index in [1.165, 1.54) is 26.6 Å². The van der Waals surface area contributed by atoms with Gasteiger partial charge in [-0.15, -0.1) is 0 Å². The normalized spacial score (nSPS) is 16.2. The van der Waals surface area contributed by atoms with Gasteiger partial charge in [-0.2, -0.15) is 5.10 Å². The number of rotatable bonds is 4. The maximum absolute atomic E-state index is 13.9. The predicted molar refractivity (Wildman–Crippen MR) is 120 cm³/mol. The summed E-state index contributed by atoms with van der Waals surface area (Å²) in [6, 6.07) is 6.83. The number of nitrogens with zero attached hydrogens (tertiary/aromatic N) is 5. The Hall–Kier alpha value is -3.82. The molecule has 2 heterocycles. The van der Waals surface area contributed by atoms with Gasteiger partial charge in [0.25, 0.3) is 11.5 Å². The van der Waals surface area contributed by atoms with Crippen LogP contribution in [0.1, 0.15) is 17.5 Å². The number of aromatic nitrogens is 1. The highest BCUT2D eigenvalue weighted by Gasteiger charge is 2.30. The van der Waals surface area contributed by atoms with Crippen molar-refractivity contribution in [1.29, 1.82) is 0 Å². The van der Waals surface area contributed by atoms with Gasteiger partial charge in [0, 0.05) is 39.0 Å². The molecule has 1 aromatic heterocycles. The molecule has 0 saturated carbocycles. The van der Waals surface area contributed by atoms with Crippen LogP contribution in [0.25, 0.3) is 0 Å². The van der Waals surface area contributed by atoms with Crippen molar-refractivity contribution in [1.82, 2.24) is 14.9 Å². The molecule has 0 aliphatic carbocycles. The van der Waals surface area contributed by atoms with Crippen LogP contribution in [0.15, 0.2) is 51.4 Å². The number of hydrogen-bond donors (Lipinski definition) is 1. The van der Waals surface area contributed by atoms with Crippen LogP contribution in [0, 0.1) is 5.82 Å². The summed E-state index contributed by atoms with van der Waals surface area (Å²) in [6.45, 7) is 3.50. The van der Waals surface area contributed by atoms with Gasteiger partial charge in [-0.25, -0.2) is 9.38 Å². The van der Waals surface area contributed by atoms with Gasteiger partial charge in [-0.3, -0.25) is 19.4 Å². The van der Waals surface area contributed by atoms with Crippen LogP contribution < -0.4 is 15.8 Å². The van der Waals surface area contributed by atoms with Crippen molar-refractivity contribution in [3.05, 3.63) is 63.8 Å². The third-order valence-electron chi connectivity index (χ3n) is 5.26. The molecule has 2 amide bonds. The topological polar surface area (TPSA) is 99.4 Å². The van der Waals surface area contributed by atoms with Crippen molar-refractivity contribution < 1.29 is 14.0 Å². The Labute approximate surface area is 184 Å². The Kier molecular flexibility index (Phi) is 6.82. The molecule has 32 heavy (non-hydrogen) atoms. The van der Waals surface area contributed by atoms with Gasteiger partial charge in [0.05, 0.1) is 12.2 Å². The monoisotopic (exact) mass is 440 g/mol. The van der Waals surface area contributed by atoms with Crippen LogP contribution in [0.5, 0.6) is 0 Å². The fourth-order valence-electron chi connectivity index (χ4n) is 3.53. The van der Waals surface area contributed by atoms with Crippen LogP contribution in [-0.4, -0.2) is 54.1 Å². The summed E-state index contributed by atoms with van der Waals surface area (Å²) in [5.74, 6) is -1.65. The summed E-state index contributed by atoms with van der Waals surface area (Å²) >= 11 is 0. The first-order valence-corrected chi connectivity index (χ1v) is 9.99. The van der Waals surface area contributed by atoms with Crippen molar-refractivity contribution in [3.8, 4) is 0 Å². The molecule has 0 spiro atoms. The molecule has 1 N–H and O–H groups in total. The van der Waals surface area contributed by atoms with E-state index in [-0.39, 0.29) is 29.7 Å². The summed E-state index contributed by atoms with van der Waals surface area (Å²) < 4.78 is 15.3. The summed E-state index contributed by atoms with van der Waals surface area (Å²) in [5.41, 5.74) is 1.54. The number of carbonyl (C=O) groups excluding carboxylic acids is 2. The third-order valence-corrected chi connectivity index (χ3v) is 5.26. The largest absolute Gasteiger partial charge is 0.337 e. The average molecular weight is 440 g/mol. The first-order chi connectivity index (χ1) is 15.2. The second kappa shape index (κ2) is 9.54. The molecule has 1 aliphatic rings. The van der Waals surface area contributed by atoms with Crippen molar-refractivity contribution in [2.24, 2.45) is 17.1 Å². The van der Waals surface area contributed by atoms with E-state index in [1.54, 1.807) is 45.5 Å². The van der Waals surface area contributed by atoms with Crippen LogP contribution in [-0.2, 0) is 29.6 Å². The number of fused-ring (bicyclic) bond motifs is 1. The number of amides is 2. The highest BCUT2D eigenvalue weighted by Crippen LogP contribution is 2.24. The molecule has 3 rings (SSSR count). The summed E-state index contributed by atoms with van der Waals surface area (Å²) in [6.07, 6.45) is 2.53. The number of pyridine rings is 1. The Morgan fingerprint density at radius 3 is 2.72 bits per heavy atom. The number of anilines is 1. The second-order valence-electron chi connectivity index (χ2n) is 7.58. The molecule has 0 bridgehead atoms. The van der Waals surface area contributed by atoms with Crippen molar-refractivity contribution in [2.45, 2.75) is 25.4 Å². The lowest BCUT2D eigenvalue weighted by Crippen LogP contribution is -2.48. The number of benzene rings is 1. The molecule has 0 radical (unpaired) electrons. The molecule has 2 aromatic rings. The highest BCUT2D eigenvalue weighted by atomic mass is 19.1. The van der Waals surface area contributed by atoms with Gasteiger partial charge < -0.3 is 14.8 Å². The van der Waals surface area contributed by atoms with Gasteiger partial charge in [-0.05, 0) is 31.2 Å². The maximum Gasteiger partial charge on any atom is 0.291 e. The van der Waals surface area contributed by atoms with E-state index in [0.717, 1.165) is 5.56 Å². The van der Waals surface area contributed by atoms with E-state index in [2.05, 4.69) is 22.1 Å². The summed E-state index contributed by atoms with van der Waals surface area (Å²) in [7, 11) is 4.78. The molecule has 0 saturated heterocycles. The number of amidine groups is 1. The maximum atomic E-state index is 13.9. The average Bonchev–Trinajstić information content (AvgIpc) is 2.86. The van der Waals surface area contributed by atoms with E-state index >= 15 is 0 Å². The van der Waals surface area contributed by atoms with Gasteiger partial charge in [0.2, 0.25) is 11.7 Å². The van der Waals surface area contributed by atoms with E-state index in [0.29, 0.717) is 24.1 Å². The van der Waals surface area contributed by atoms with Gasteiger partial charge in [0.1, 0.15) is 11.9 Å². The molecule has 9 nitrogen and oxygen atoms in total. The van der Waals surface area contributed by atoms with Crippen LogP contribution in [0.3, 0.4) is 0 Å². The zero-order valence-corrected chi connectivity index (χ0v) is 18.2. The van der Waals surface area contributed by atoms with E-state index in [4.69, 9.17) is 0 Å². The van der Waals surface area contributed by atoms with Crippen molar-refractivity contribution in [3.63, 3.8) is 0 Å². The first-order valence-electron chi connectivity index (χ1n) is 9.99. The summed E-state index contributed by atoms with van der Waals surface area (Å²) in [4.78, 5) is 42.7.